The van der Waals surface area contributed by atoms with Crippen molar-refractivity contribution >= 4 is 23.6 Å². The Bertz CT molecular complexity index is 887. The molecule has 0 radical (unpaired) electrons. The van der Waals surface area contributed by atoms with Crippen LogP contribution in [0, 0.1) is 0 Å². The van der Waals surface area contributed by atoms with Gasteiger partial charge in [-0.25, -0.2) is 15.0 Å². The summed E-state index contributed by atoms with van der Waals surface area (Å²) in [6.07, 6.45) is -3.12. The molecule has 1 aliphatic heterocycles. The number of hydrazine groups is 1. The fraction of sp³-hybridized carbons (Fsp3) is 0.133. The summed E-state index contributed by atoms with van der Waals surface area (Å²) in [7, 11) is 0. The number of carbonyl (C=O) groups is 1. The second-order valence-electron chi connectivity index (χ2n) is 5.45. The standard InChI is InChI=1S/C15H13F3N6O3/c16-15(17,18)8-1-3-10(4-2-8)23-7-21-14(24(23)27)22-9-5-11(25)12(13(19)26)20-6-9/h1-7,14,22,25,27H,(H2,19,26). The van der Waals surface area contributed by atoms with Gasteiger partial charge in [-0.05, 0) is 29.4 Å². The van der Waals surface area contributed by atoms with Gasteiger partial charge in [0.15, 0.2) is 5.69 Å². The molecule has 0 bridgehead atoms. The Hall–Kier alpha value is -3.38. The maximum atomic E-state index is 12.6. The van der Waals surface area contributed by atoms with Gasteiger partial charge >= 0.3 is 6.18 Å². The highest BCUT2D eigenvalue weighted by atomic mass is 19.4. The topological polar surface area (TPSA) is 127 Å². The van der Waals surface area contributed by atoms with Crippen LogP contribution in [0.25, 0.3) is 0 Å². The molecular formula is C15H13F3N6O3. The van der Waals surface area contributed by atoms with Crippen molar-refractivity contribution in [1.82, 2.24) is 10.2 Å². The van der Waals surface area contributed by atoms with Gasteiger partial charge in [0.1, 0.15) is 12.1 Å². The number of aliphatic imine (C=N–C) groups is 1. The summed E-state index contributed by atoms with van der Waals surface area (Å²) < 4.78 is 37.9. The maximum Gasteiger partial charge on any atom is 0.416 e. The predicted octanol–water partition coefficient (Wildman–Crippen LogP) is 1.76. The summed E-state index contributed by atoms with van der Waals surface area (Å²) in [6.45, 7) is 0. The lowest BCUT2D eigenvalue weighted by Gasteiger charge is -2.26. The van der Waals surface area contributed by atoms with E-state index in [9.17, 15) is 28.3 Å². The Morgan fingerprint density at radius 3 is 2.48 bits per heavy atom. The van der Waals surface area contributed by atoms with Crippen LogP contribution in [-0.4, -0.2) is 39.0 Å². The molecule has 142 valence electrons. The molecule has 1 aromatic carbocycles. The van der Waals surface area contributed by atoms with Crippen LogP contribution in [0.3, 0.4) is 0 Å². The molecule has 1 atom stereocenters. The van der Waals surface area contributed by atoms with Crippen molar-refractivity contribution in [3.8, 4) is 5.75 Å². The monoisotopic (exact) mass is 382 g/mol. The number of primary amides is 1. The second kappa shape index (κ2) is 6.74. The van der Waals surface area contributed by atoms with Gasteiger partial charge in [0.25, 0.3) is 5.91 Å². The highest BCUT2D eigenvalue weighted by Gasteiger charge is 2.32. The van der Waals surface area contributed by atoms with E-state index in [1.54, 1.807) is 0 Å². The van der Waals surface area contributed by atoms with Crippen LogP contribution in [-0.2, 0) is 6.18 Å². The Labute approximate surface area is 150 Å². The number of amides is 1. The number of aromatic nitrogens is 1. The lowest BCUT2D eigenvalue weighted by molar-refractivity contribution is -0.137. The van der Waals surface area contributed by atoms with Crippen LogP contribution in [0.15, 0.2) is 41.5 Å². The number of halogens is 3. The highest BCUT2D eigenvalue weighted by molar-refractivity contribution is 5.93. The summed E-state index contributed by atoms with van der Waals surface area (Å²) >= 11 is 0. The molecule has 2 aromatic rings. The molecule has 1 aliphatic rings. The molecule has 0 aliphatic carbocycles. The van der Waals surface area contributed by atoms with Crippen molar-refractivity contribution in [2.75, 3.05) is 10.3 Å². The first-order valence-electron chi connectivity index (χ1n) is 7.40. The third-order valence-corrected chi connectivity index (χ3v) is 3.61. The zero-order valence-electron chi connectivity index (χ0n) is 13.4. The minimum atomic E-state index is -4.47. The SMILES string of the molecule is NC(=O)c1ncc(NC2N=CN(c3ccc(C(F)(F)F)cc3)N2O)cc1O. The van der Waals surface area contributed by atoms with E-state index < -0.39 is 29.7 Å². The molecule has 0 saturated heterocycles. The first-order valence-corrected chi connectivity index (χ1v) is 7.40. The largest absolute Gasteiger partial charge is 0.505 e. The van der Waals surface area contributed by atoms with E-state index in [1.165, 1.54) is 24.7 Å². The summed E-state index contributed by atoms with van der Waals surface area (Å²) in [6, 6.07) is 5.27. The van der Waals surface area contributed by atoms with Crippen molar-refractivity contribution in [3.63, 3.8) is 0 Å². The van der Waals surface area contributed by atoms with Gasteiger partial charge in [0.2, 0.25) is 6.29 Å². The Morgan fingerprint density at radius 2 is 1.93 bits per heavy atom. The smallest absolute Gasteiger partial charge is 0.416 e. The van der Waals surface area contributed by atoms with E-state index in [0.29, 0.717) is 5.17 Å². The average Bonchev–Trinajstić information content (AvgIpc) is 2.95. The van der Waals surface area contributed by atoms with Crippen LogP contribution in [0.2, 0.25) is 0 Å². The Balaban J connectivity index is 1.72. The van der Waals surface area contributed by atoms with E-state index in [2.05, 4.69) is 15.3 Å². The zero-order chi connectivity index (χ0) is 19.8. The molecule has 2 heterocycles. The lowest BCUT2D eigenvalue weighted by atomic mass is 10.2. The van der Waals surface area contributed by atoms with Gasteiger partial charge in [-0.3, -0.25) is 10.0 Å². The lowest BCUT2D eigenvalue weighted by Crippen LogP contribution is -2.43. The van der Waals surface area contributed by atoms with Gasteiger partial charge in [-0.15, -0.1) is 0 Å². The maximum absolute atomic E-state index is 12.6. The number of benzene rings is 1. The molecule has 0 saturated carbocycles. The molecule has 12 heteroatoms. The normalized spacial score (nSPS) is 17.3. The minimum absolute atomic E-state index is 0.216. The third kappa shape index (κ3) is 3.75. The van der Waals surface area contributed by atoms with Crippen molar-refractivity contribution in [2.45, 2.75) is 12.5 Å². The van der Waals surface area contributed by atoms with Crippen molar-refractivity contribution < 1.29 is 28.3 Å². The van der Waals surface area contributed by atoms with Gasteiger partial charge in [-0.1, -0.05) is 0 Å². The highest BCUT2D eigenvalue weighted by Crippen LogP contribution is 2.31. The molecule has 27 heavy (non-hydrogen) atoms. The fourth-order valence-electron chi connectivity index (χ4n) is 2.31. The number of hydrogen-bond donors (Lipinski definition) is 4. The molecule has 0 spiro atoms. The number of nitrogens with two attached hydrogens (primary N) is 1. The summed E-state index contributed by atoms with van der Waals surface area (Å²) in [5.74, 6) is -1.37. The summed E-state index contributed by atoms with van der Waals surface area (Å²) in [4.78, 5) is 18.7. The Kier molecular flexibility index (Phi) is 4.59. The number of alkyl halides is 3. The second-order valence-corrected chi connectivity index (χ2v) is 5.45. The number of rotatable bonds is 4. The third-order valence-electron chi connectivity index (χ3n) is 3.61. The van der Waals surface area contributed by atoms with E-state index >= 15 is 0 Å². The van der Waals surface area contributed by atoms with Crippen LogP contribution >= 0.6 is 0 Å². The predicted molar refractivity (Wildman–Crippen MR) is 87.9 cm³/mol. The Morgan fingerprint density at radius 1 is 1.26 bits per heavy atom. The molecule has 1 aromatic heterocycles. The number of aromatic hydroxyl groups is 1. The molecular weight excluding hydrogens is 369 g/mol. The number of nitrogens with zero attached hydrogens (tertiary/aromatic N) is 4. The molecule has 0 fully saturated rings. The van der Waals surface area contributed by atoms with E-state index in [1.807, 2.05) is 0 Å². The molecule has 1 unspecified atom stereocenters. The van der Waals surface area contributed by atoms with Gasteiger partial charge in [-0.2, -0.15) is 13.2 Å². The first-order chi connectivity index (χ1) is 12.7. The van der Waals surface area contributed by atoms with Crippen molar-refractivity contribution in [3.05, 3.63) is 47.8 Å². The van der Waals surface area contributed by atoms with Crippen LogP contribution in [0.5, 0.6) is 5.75 Å². The number of nitrogens with one attached hydrogen (secondary N) is 1. The van der Waals surface area contributed by atoms with E-state index in [-0.39, 0.29) is 17.1 Å². The molecule has 1 amide bonds. The van der Waals surface area contributed by atoms with Gasteiger partial charge in [0, 0.05) is 6.07 Å². The summed E-state index contributed by atoms with van der Waals surface area (Å²) in [5, 5.41) is 24.4. The van der Waals surface area contributed by atoms with Crippen molar-refractivity contribution in [1.29, 1.82) is 0 Å². The number of hydrogen-bond acceptors (Lipinski definition) is 8. The number of carbonyl (C=O) groups excluding carboxylic acids is 1. The number of pyridine rings is 1. The number of anilines is 2. The van der Waals surface area contributed by atoms with Crippen LogP contribution in [0.1, 0.15) is 16.1 Å². The molecule has 3 rings (SSSR count). The van der Waals surface area contributed by atoms with E-state index in [4.69, 9.17) is 5.73 Å². The van der Waals surface area contributed by atoms with E-state index in [0.717, 1.165) is 23.2 Å². The molecule has 5 N–H and O–H groups in total. The zero-order valence-corrected chi connectivity index (χ0v) is 13.4. The first kappa shape index (κ1) is 18.4. The van der Waals surface area contributed by atoms with Gasteiger partial charge < -0.3 is 16.2 Å². The van der Waals surface area contributed by atoms with Crippen LogP contribution < -0.4 is 16.1 Å². The fourth-order valence-corrected chi connectivity index (χ4v) is 2.31. The van der Waals surface area contributed by atoms with Gasteiger partial charge in [0.05, 0.1) is 23.1 Å². The minimum Gasteiger partial charge on any atom is -0.505 e. The number of hydroxylamine groups is 1. The molecule has 9 nitrogen and oxygen atoms in total. The average molecular weight is 382 g/mol. The van der Waals surface area contributed by atoms with Crippen molar-refractivity contribution in [2.24, 2.45) is 10.7 Å². The quantitative estimate of drug-likeness (QED) is 0.634. The summed E-state index contributed by atoms with van der Waals surface area (Å²) in [5.41, 5.74) is 4.36. The van der Waals surface area contributed by atoms with Crippen LogP contribution in [0.4, 0.5) is 24.5 Å².